The summed E-state index contributed by atoms with van der Waals surface area (Å²) < 4.78 is 3.78. The van der Waals surface area contributed by atoms with Gasteiger partial charge in [0, 0.05) is 35.7 Å². The highest BCUT2D eigenvalue weighted by atomic mass is 16.1. The molecule has 0 radical (unpaired) electrons. The van der Waals surface area contributed by atoms with Crippen LogP contribution in [-0.2, 0) is 0 Å². The number of carbonyl (C=O) groups is 1. The minimum absolute atomic E-state index is 0.126. The molecule has 1 amide bonds. The molecule has 0 saturated carbocycles. The predicted molar refractivity (Wildman–Crippen MR) is 107 cm³/mol. The molecule has 0 aliphatic heterocycles. The molecule has 0 bridgehead atoms. The fraction of sp³-hybridized carbons (Fsp3) is 0.238. The van der Waals surface area contributed by atoms with Crippen molar-refractivity contribution < 1.29 is 4.79 Å². The molecule has 7 heteroatoms. The van der Waals surface area contributed by atoms with E-state index in [-0.39, 0.29) is 18.0 Å². The van der Waals surface area contributed by atoms with Gasteiger partial charge in [-0.3, -0.25) is 4.79 Å². The third kappa shape index (κ3) is 3.38. The molecule has 1 atom stereocenters. The van der Waals surface area contributed by atoms with Crippen molar-refractivity contribution in [1.29, 1.82) is 0 Å². The van der Waals surface area contributed by atoms with Crippen LogP contribution in [-0.4, -0.2) is 30.2 Å². The smallest absolute Gasteiger partial charge is 0.253 e. The minimum atomic E-state index is -0.155. The maximum Gasteiger partial charge on any atom is 0.253 e. The molecule has 0 aliphatic rings. The first-order valence-electron chi connectivity index (χ1n) is 9.25. The number of pyridine rings is 1. The Labute approximate surface area is 163 Å². The number of hydrogen-bond donors (Lipinski definition) is 1. The molecule has 1 aromatic carbocycles. The summed E-state index contributed by atoms with van der Waals surface area (Å²) in [6, 6.07) is 9.95. The molecule has 0 spiro atoms. The van der Waals surface area contributed by atoms with Crippen molar-refractivity contribution in [3.63, 3.8) is 0 Å². The van der Waals surface area contributed by atoms with Crippen molar-refractivity contribution in [1.82, 2.24) is 29.6 Å². The van der Waals surface area contributed by atoms with Crippen LogP contribution in [0, 0.1) is 0 Å². The zero-order valence-corrected chi connectivity index (χ0v) is 16.1. The maximum atomic E-state index is 12.7. The molecule has 142 valence electrons. The molecule has 4 rings (SSSR count). The van der Waals surface area contributed by atoms with Crippen molar-refractivity contribution in [2.45, 2.75) is 32.9 Å². The van der Waals surface area contributed by atoms with Gasteiger partial charge in [-0.15, -0.1) is 0 Å². The number of nitrogens with one attached hydrogen (secondary N) is 1. The van der Waals surface area contributed by atoms with Gasteiger partial charge in [0.1, 0.15) is 0 Å². The van der Waals surface area contributed by atoms with Gasteiger partial charge in [0.05, 0.1) is 24.1 Å². The molecule has 0 fully saturated rings. The highest BCUT2D eigenvalue weighted by Gasteiger charge is 2.14. The largest absolute Gasteiger partial charge is 0.345 e. The lowest BCUT2D eigenvalue weighted by atomic mass is 10.1. The summed E-state index contributed by atoms with van der Waals surface area (Å²) in [5.74, 6) is -0.155. The number of imidazole rings is 1. The van der Waals surface area contributed by atoms with Crippen molar-refractivity contribution >= 4 is 16.9 Å². The molecular formula is C21H22N6O. The van der Waals surface area contributed by atoms with E-state index in [0.717, 1.165) is 22.3 Å². The molecule has 0 unspecified atom stereocenters. The van der Waals surface area contributed by atoms with Gasteiger partial charge in [0.25, 0.3) is 5.91 Å². The Hall–Kier alpha value is -3.48. The van der Waals surface area contributed by atoms with Gasteiger partial charge in [-0.1, -0.05) is 12.1 Å². The molecule has 3 heterocycles. The summed E-state index contributed by atoms with van der Waals surface area (Å²) in [6.45, 7) is 6.07. The van der Waals surface area contributed by atoms with Crippen LogP contribution < -0.4 is 5.32 Å². The van der Waals surface area contributed by atoms with Crippen LogP contribution in [0.25, 0.3) is 16.7 Å². The Kier molecular flexibility index (Phi) is 4.65. The first-order chi connectivity index (χ1) is 13.5. The second-order valence-electron chi connectivity index (χ2n) is 7.08. The molecule has 28 heavy (non-hydrogen) atoms. The van der Waals surface area contributed by atoms with Crippen LogP contribution >= 0.6 is 0 Å². The van der Waals surface area contributed by atoms with Crippen molar-refractivity contribution in [3.8, 4) is 5.69 Å². The molecule has 0 saturated heterocycles. The van der Waals surface area contributed by atoms with Gasteiger partial charge in [0.15, 0.2) is 5.65 Å². The number of carbonyl (C=O) groups excluding carboxylic acids is 1. The first kappa shape index (κ1) is 17.9. The van der Waals surface area contributed by atoms with E-state index in [2.05, 4.69) is 34.2 Å². The number of fused-ring (bicyclic) bond motifs is 1. The lowest BCUT2D eigenvalue weighted by molar-refractivity contribution is 0.0939. The summed E-state index contributed by atoms with van der Waals surface area (Å²) in [4.78, 5) is 21.2. The standard InChI is InChI=1S/C21H22N6O/c1-14(2)27-20-17(12-24-27)10-18(11-23-20)21(28)25-15(3)16-4-6-19(7-5-16)26-9-8-22-13-26/h4-15H,1-3H3,(H,25,28)/t15-/m1/s1. The highest BCUT2D eigenvalue weighted by molar-refractivity contribution is 5.97. The van der Waals surface area contributed by atoms with E-state index in [1.807, 2.05) is 52.7 Å². The first-order valence-corrected chi connectivity index (χ1v) is 9.25. The van der Waals surface area contributed by atoms with Gasteiger partial charge in [0.2, 0.25) is 0 Å². The normalized spacial score (nSPS) is 12.4. The summed E-state index contributed by atoms with van der Waals surface area (Å²) in [5.41, 5.74) is 3.36. The van der Waals surface area contributed by atoms with E-state index in [4.69, 9.17) is 0 Å². The molecule has 4 aromatic rings. The molecule has 0 aliphatic carbocycles. The summed E-state index contributed by atoms with van der Waals surface area (Å²) in [7, 11) is 0. The Bertz CT molecular complexity index is 1100. The molecule has 3 aromatic heterocycles. The van der Waals surface area contributed by atoms with E-state index in [1.165, 1.54) is 0 Å². The average Bonchev–Trinajstić information content (AvgIpc) is 3.37. The number of hydrogen-bond acceptors (Lipinski definition) is 4. The second-order valence-corrected chi connectivity index (χ2v) is 7.08. The van der Waals surface area contributed by atoms with E-state index in [1.54, 1.807) is 24.9 Å². The van der Waals surface area contributed by atoms with Gasteiger partial charge in [-0.25, -0.2) is 14.6 Å². The quantitative estimate of drug-likeness (QED) is 0.578. The fourth-order valence-corrected chi connectivity index (χ4v) is 3.15. The van der Waals surface area contributed by atoms with Gasteiger partial charge in [-0.2, -0.15) is 5.10 Å². The number of aromatic nitrogens is 5. The number of rotatable bonds is 5. The highest BCUT2D eigenvalue weighted by Crippen LogP contribution is 2.19. The van der Waals surface area contributed by atoms with Crippen molar-refractivity contribution in [3.05, 3.63) is 72.6 Å². The predicted octanol–water partition coefficient (Wildman–Crippen LogP) is 3.69. The van der Waals surface area contributed by atoms with E-state index in [9.17, 15) is 4.79 Å². The summed E-state index contributed by atoms with van der Waals surface area (Å²) in [5, 5.41) is 8.24. The summed E-state index contributed by atoms with van der Waals surface area (Å²) >= 11 is 0. The van der Waals surface area contributed by atoms with Gasteiger partial charge in [-0.05, 0) is 44.5 Å². The third-order valence-electron chi connectivity index (χ3n) is 4.73. The lowest BCUT2D eigenvalue weighted by Crippen LogP contribution is -2.26. The zero-order valence-electron chi connectivity index (χ0n) is 16.1. The van der Waals surface area contributed by atoms with Crippen LogP contribution in [0.3, 0.4) is 0 Å². The van der Waals surface area contributed by atoms with Crippen molar-refractivity contribution in [2.24, 2.45) is 0 Å². The molecular weight excluding hydrogens is 352 g/mol. The number of nitrogens with zero attached hydrogens (tertiary/aromatic N) is 5. The second kappa shape index (κ2) is 7.26. The Balaban J connectivity index is 1.49. The van der Waals surface area contributed by atoms with Crippen LogP contribution in [0.1, 0.15) is 48.8 Å². The van der Waals surface area contributed by atoms with E-state index >= 15 is 0 Å². The Morgan fingerprint density at radius 1 is 1.11 bits per heavy atom. The number of amides is 1. The Morgan fingerprint density at radius 3 is 2.57 bits per heavy atom. The van der Waals surface area contributed by atoms with Gasteiger partial charge < -0.3 is 9.88 Å². The fourth-order valence-electron chi connectivity index (χ4n) is 3.15. The monoisotopic (exact) mass is 374 g/mol. The van der Waals surface area contributed by atoms with Gasteiger partial charge >= 0.3 is 0 Å². The SMILES string of the molecule is CC(C)n1ncc2cc(C(=O)N[C@H](C)c3ccc(-n4ccnc4)cc3)cnc21. The van der Waals surface area contributed by atoms with Crippen LogP contribution in [0.2, 0.25) is 0 Å². The molecule has 1 N–H and O–H groups in total. The zero-order chi connectivity index (χ0) is 19.7. The summed E-state index contributed by atoms with van der Waals surface area (Å²) in [6.07, 6.45) is 8.74. The van der Waals surface area contributed by atoms with Crippen LogP contribution in [0.4, 0.5) is 0 Å². The number of benzene rings is 1. The lowest BCUT2D eigenvalue weighted by Gasteiger charge is -2.15. The third-order valence-corrected chi connectivity index (χ3v) is 4.73. The molecule has 7 nitrogen and oxygen atoms in total. The van der Waals surface area contributed by atoms with Crippen molar-refractivity contribution in [2.75, 3.05) is 0 Å². The average molecular weight is 374 g/mol. The van der Waals surface area contributed by atoms with E-state index in [0.29, 0.717) is 5.56 Å². The Morgan fingerprint density at radius 2 is 1.89 bits per heavy atom. The topological polar surface area (TPSA) is 77.6 Å². The van der Waals surface area contributed by atoms with Crippen LogP contribution in [0.5, 0.6) is 0 Å². The van der Waals surface area contributed by atoms with Crippen LogP contribution in [0.15, 0.2) is 61.4 Å². The maximum absolute atomic E-state index is 12.7. The minimum Gasteiger partial charge on any atom is -0.345 e. The van der Waals surface area contributed by atoms with E-state index < -0.39 is 0 Å².